The molecule has 2 aromatic rings. The number of carbonyl (C=O) groups excluding carboxylic acids is 1. The normalized spacial score (nSPS) is 15.3. The van der Waals surface area contributed by atoms with E-state index in [9.17, 15) is 14.9 Å². The van der Waals surface area contributed by atoms with Crippen LogP contribution in [0, 0.1) is 10.1 Å². The van der Waals surface area contributed by atoms with E-state index >= 15 is 0 Å². The Labute approximate surface area is 146 Å². The Kier molecular flexibility index (Phi) is 4.33. The predicted octanol–water partition coefficient (Wildman–Crippen LogP) is 4.25. The van der Waals surface area contributed by atoms with Gasteiger partial charge in [-0.2, -0.15) is 0 Å². The van der Waals surface area contributed by atoms with Crippen LogP contribution in [0.2, 0.25) is 10.0 Å². The number of rotatable bonds is 3. The van der Waals surface area contributed by atoms with Gasteiger partial charge in [0.25, 0.3) is 5.69 Å². The zero-order valence-corrected chi connectivity index (χ0v) is 13.4. The topological polar surface area (TPSA) is 81.8 Å². The van der Waals surface area contributed by atoms with Crippen molar-refractivity contribution in [1.82, 2.24) is 0 Å². The van der Waals surface area contributed by atoms with E-state index in [0.717, 1.165) is 0 Å². The number of nitro benzene ring substituents is 1. The molecular formula is C16H8Cl2N2O4. The lowest BCUT2D eigenvalue weighted by molar-refractivity contribution is -0.384. The Hall–Kier alpha value is -2.70. The zero-order valence-electron chi connectivity index (χ0n) is 11.9. The largest absolute Gasteiger partial charge is 0.402 e. The Bertz CT molecular complexity index is 905. The molecule has 0 fully saturated rings. The van der Waals surface area contributed by atoms with Crippen LogP contribution in [0.4, 0.5) is 5.69 Å². The number of halogens is 2. The molecule has 6 nitrogen and oxygen atoms in total. The first-order valence-electron chi connectivity index (χ1n) is 6.66. The summed E-state index contributed by atoms with van der Waals surface area (Å²) in [7, 11) is 0. The highest BCUT2D eigenvalue weighted by molar-refractivity contribution is 6.34. The fraction of sp³-hybridized carbons (Fsp3) is 0. The van der Waals surface area contributed by atoms with Gasteiger partial charge in [-0.3, -0.25) is 10.1 Å². The first kappa shape index (κ1) is 16.2. The minimum Gasteiger partial charge on any atom is -0.402 e. The van der Waals surface area contributed by atoms with E-state index < -0.39 is 10.9 Å². The number of hydrogen-bond acceptors (Lipinski definition) is 5. The van der Waals surface area contributed by atoms with Crippen LogP contribution in [-0.2, 0) is 9.53 Å². The van der Waals surface area contributed by atoms with Gasteiger partial charge in [0.05, 0.1) is 15.5 Å². The summed E-state index contributed by atoms with van der Waals surface area (Å²) in [6.45, 7) is 0. The van der Waals surface area contributed by atoms with E-state index in [2.05, 4.69) is 4.99 Å². The molecule has 8 heteroatoms. The second kappa shape index (κ2) is 6.43. The summed E-state index contributed by atoms with van der Waals surface area (Å²) in [6.07, 6.45) is 1.52. The van der Waals surface area contributed by atoms with Gasteiger partial charge in [0.1, 0.15) is 0 Å². The molecule has 0 atom stereocenters. The van der Waals surface area contributed by atoms with Gasteiger partial charge >= 0.3 is 5.97 Å². The maximum absolute atomic E-state index is 12.0. The minimum absolute atomic E-state index is 0.0647. The monoisotopic (exact) mass is 362 g/mol. The van der Waals surface area contributed by atoms with Gasteiger partial charge in [-0.1, -0.05) is 35.3 Å². The smallest absolute Gasteiger partial charge is 0.363 e. The van der Waals surface area contributed by atoms with Gasteiger partial charge in [-0.25, -0.2) is 9.79 Å². The Morgan fingerprint density at radius 3 is 2.50 bits per heavy atom. The number of benzene rings is 2. The van der Waals surface area contributed by atoms with Crippen LogP contribution >= 0.6 is 23.2 Å². The molecule has 0 saturated carbocycles. The molecule has 0 bridgehead atoms. The molecule has 0 aromatic heterocycles. The summed E-state index contributed by atoms with van der Waals surface area (Å²) >= 11 is 11.8. The van der Waals surface area contributed by atoms with Crippen LogP contribution in [-0.4, -0.2) is 16.8 Å². The van der Waals surface area contributed by atoms with E-state index in [4.69, 9.17) is 27.9 Å². The molecule has 0 amide bonds. The second-order valence-corrected chi connectivity index (χ2v) is 5.65. The summed E-state index contributed by atoms with van der Waals surface area (Å²) in [6, 6.07) is 10.6. The zero-order chi connectivity index (χ0) is 17.3. The lowest BCUT2D eigenvalue weighted by Gasteiger charge is -2.02. The van der Waals surface area contributed by atoms with Gasteiger partial charge in [0.15, 0.2) is 5.70 Å². The highest BCUT2D eigenvalue weighted by atomic mass is 35.5. The summed E-state index contributed by atoms with van der Waals surface area (Å²) in [5.41, 5.74) is 0.776. The molecule has 2 aromatic carbocycles. The predicted molar refractivity (Wildman–Crippen MR) is 90.2 cm³/mol. The molecule has 1 aliphatic rings. The first-order chi connectivity index (χ1) is 11.4. The third-order valence-corrected chi connectivity index (χ3v) is 3.77. The van der Waals surface area contributed by atoms with E-state index in [1.807, 2.05) is 0 Å². The molecule has 0 radical (unpaired) electrons. The first-order valence-corrected chi connectivity index (χ1v) is 7.42. The summed E-state index contributed by atoms with van der Waals surface area (Å²) < 4.78 is 5.08. The average Bonchev–Trinajstić information content (AvgIpc) is 2.90. The molecule has 0 saturated heterocycles. The van der Waals surface area contributed by atoms with Gasteiger partial charge in [-0.05, 0) is 29.8 Å². The lowest BCUT2D eigenvalue weighted by Crippen LogP contribution is -2.06. The maximum atomic E-state index is 12.0. The number of nitro groups is 1. The van der Waals surface area contributed by atoms with Crippen LogP contribution in [0.3, 0.4) is 0 Å². The van der Waals surface area contributed by atoms with Gasteiger partial charge < -0.3 is 4.74 Å². The molecule has 0 aliphatic carbocycles. The lowest BCUT2D eigenvalue weighted by atomic mass is 10.2. The average molecular weight is 363 g/mol. The Morgan fingerprint density at radius 2 is 1.83 bits per heavy atom. The van der Waals surface area contributed by atoms with Crippen molar-refractivity contribution in [3.8, 4) is 0 Å². The molecule has 120 valence electrons. The van der Waals surface area contributed by atoms with E-state index in [0.29, 0.717) is 10.6 Å². The second-order valence-electron chi connectivity index (χ2n) is 4.81. The van der Waals surface area contributed by atoms with E-state index in [1.165, 1.54) is 24.3 Å². The highest BCUT2D eigenvalue weighted by Gasteiger charge is 2.27. The number of hydrogen-bond donors (Lipinski definition) is 0. The van der Waals surface area contributed by atoms with Crippen molar-refractivity contribution >= 4 is 46.8 Å². The number of carbonyl (C=O) groups is 1. The molecule has 1 heterocycles. The molecular weight excluding hydrogens is 355 g/mol. The van der Waals surface area contributed by atoms with Crippen molar-refractivity contribution in [3.05, 3.63) is 79.4 Å². The molecule has 0 unspecified atom stereocenters. The van der Waals surface area contributed by atoms with Gasteiger partial charge in [0.2, 0.25) is 5.90 Å². The van der Waals surface area contributed by atoms with Crippen molar-refractivity contribution in [2.45, 2.75) is 0 Å². The number of nitrogens with zero attached hydrogens (tertiary/aromatic N) is 2. The fourth-order valence-corrected chi connectivity index (χ4v) is 2.36. The van der Waals surface area contributed by atoms with Gasteiger partial charge in [-0.15, -0.1) is 0 Å². The molecule has 1 aliphatic heterocycles. The molecule has 0 spiro atoms. The Balaban J connectivity index is 1.99. The molecule has 24 heavy (non-hydrogen) atoms. The molecule has 0 N–H and O–H groups in total. The fourth-order valence-electron chi connectivity index (χ4n) is 2.03. The van der Waals surface area contributed by atoms with Crippen LogP contribution in [0.5, 0.6) is 0 Å². The van der Waals surface area contributed by atoms with Crippen LogP contribution in [0.15, 0.2) is 53.2 Å². The summed E-state index contributed by atoms with van der Waals surface area (Å²) in [4.78, 5) is 26.3. The third-order valence-electron chi connectivity index (χ3n) is 3.19. The maximum Gasteiger partial charge on any atom is 0.363 e. The Morgan fingerprint density at radius 1 is 1.12 bits per heavy atom. The summed E-state index contributed by atoms with van der Waals surface area (Å²) in [5.74, 6) is -0.739. The van der Waals surface area contributed by atoms with E-state index in [1.54, 1.807) is 24.3 Å². The number of ether oxygens (including phenoxy) is 1. The number of cyclic esters (lactones) is 1. The van der Waals surface area contributed by atoms with Crippen LogP contribution < -0.4 is 0 Å². The quantitative estimate of drug-likeness (QED) is 0.353. The number of non-ortho nitro benzene ring substituents is 1. The standard InChI is InChI=1S/C16H8Cl2N2O4/c17-10-3-1-9(2-4-10)7-14-16(21)24-15(19-14)12-8-11(20(22)23)5-6-13(12)18/h1-8H/b14-7+. The van der Waals surface area contributed by atoms with E-state index in [-0.39, 0.29) is 27.9 Å². The number of aliphatic imine (C=N–C) groups is 1. The minimum atomic E-state index is -0.664. The van der Waals surface area contributed by atoms with Crippen molar-refractivity contribution in [2.75, 3.05) is 0 Å². The van der Waals surface area contributed by atoms with Crippen LogP contribution in [0.25, 0.3) is 6.08 Å². The molecule has 3 rings (SSSR count). The van der Waals surface area contributed by atoms with Crippen molar-refractivity contribution in [1.29, 1.82) is 0 Å². The summed E-state index contributed by atoms with van der Waals surface area (Å²) in [5, 5.41) is 11.6. The number of esters is 1. The van der Waals surface area contributed by atoms with Crippen LogP contribution in [0.1, 0.15) is 11.1 Å². The third kappa shape index (κ3) is 3.29. The van der Waals surface area contributed by atoms with Crippen molar-refractivity contribution < 1.29 is 14.5 Å². The SMILES string of the molecule is O=C1OC(c2cc([N+](=O)[O-])ccc2Cl)=N/C1=C/c1ccc(Cl)cc1. The van der Waals surface area contributed by atoms with Crippen molar-refractivity contribution in [2.24, 2.45) is 4.99 Å². The van der Waals surface area contributed by atoms with Crippen molar-refractivity contribution in [3.63, 3.8) is 0 Å². The highest BCUT2D eigenvalue weighted by Crippen LogP contribution is 2.27. The van der Waals surface area contributed by atoms with Gasteiger partial charge in [0, 0.05) is 17.2 Å².